The van der Waals surface area contributed by atoms with Crippen molar-refractivity contribution >= 4 is 28.2 Å². The fourth-order valence-electron chi connectivity index (χ4n) is 2.89. The fourth-order valence-corrected chi connectivity index (χ4v) is 3.82. The molecule has 7 heteroatoms. The van der Waals surface area contributed by atoms with Gasteiger partial charge in [-0.2, -0.15) is 0 Å². The molecule has 6 nitrogen and oxygen atoms in total. The molecule has 1 amide bonds. The zero-order chi connectivity index (χ0) is 14.9. The van der Waals surface area contributed by atoms with Gasteiger partial charge < -0.3 is 20.7 Å². The van der Waals surface area contributed by atoms with Crippen molar-refractivity contribution in [3.8, 4) is 0 Å². The summed E-state index contributed by atoms with van der Waals surface area (Å²) in [6.45, 7) is 5.34. The second kappa shape index (κ2) is 5.81. The lowest BCUT2D eigenvalue weighted by atomic mass is 9.95. The molecule has 3 rings (SSSR count). The predicted molar refractivity (Wildman–Crippen MR) is 83.9 cm³/mol. The number of nitrogens with one attached hydrogen (secondary N) is 1. The minimum Gasteiger partial charge on any atom is -0.382 e. The van der Waals surface area contributed by atoms with E-state index in [2.05, 4.69) is 15.2 Å². The molecule has 0 bridgehead atoms. The van der Waals surface area contributed by atoms with Gasteiger partial charge in [-0.15, -0.1) is 0 Å². The van der Waals surface area contributed by atoms with Gasteiger partial charge in [-0.1, -0.05) is 11.3 Å². The number of carbonyl (C=O) groups excluding carboxylic acids is 1. The second-order valence-electron chi connectivity index (χ2n) is 6.08. The highest BCUT2D eigenvalue weighted by atomic mass is 32.1. The van der Waals surface area contributed by atoms with Gasteiger partial charge in [-0.05, 0) is 32.6 Å². The van der Waals surface area contributed by atoms with Gasteiger partial charge in [0.2, 0.25) is 0 Å². The lowest BCUT2D eigenvalue weighted by Crippen LogP contribution is -2.51. The van der Waals surface area contributed by atoms with Crippen LogP contribution < -0.4 is 16.0 Å². The molecule has 2 aliphatic heterocycles. The number of aromatic nitrogens is 1. The number of nitrogens with zero attached hydrogens (tertiary/aromatic N) is 2. The first-order valence-electron chi connectivity index (χ1n) is 7.49. The number of nitrogens with two attached hydrogens (primary N) is 1. The largest absolute Gasteiger partial charge is 0.382 e. The first-order chi connectivity index (χ1) is 10.1. The molecule has 1 unspecified atom stereocenters. The number of rotatable bonds is 3. The predicted octanol–water partition coefficient (Wildman–Crippen LogP) is 1.62. The Labute approximate surface area is 128 Å². The highest BCUT2D eigenvalue weighted by Crippen LogP contribution is 2.31. The quantitative estimate of drug-likeness (QED) is 0.887. The van der Waals surface area contributed by atoms with E-state index in [1.807, 2.05) is 6.92 Å². The van der Waals surface area contributed by atoms with E-state index in [1.54, 1.807) is 0 Å². The average molecular weight is 310 g/mol. The van der Waals surface area contributed by atoms with E-state index in [9.17, 15) is 4.79 Å². The molecule has 0 radical (unpaired) electrons. The molecule has 3 heterocycles. The van der Waals surface area contributed by atoms with Crippen molar-refractivity contribution in [3.05, 3.63) is 4.88 Å². The van der Waals surface area contributed by atoms with Crippen LogP contribution in [-0.4, -0.2) is 42.7 Å². The van der Waals surface area contributed by atoms with Crippen LogP contribution >= 0.6 is 11.3 Å². The zero-order valence-electron chi connectivity index (χ0n) is 12.4. The standard InChI is InChI=1S/C14H22N4O2S/c1-14(5-4-8-20-9-14)17-12(19)10-11(15)16-13(21-10)18-6-2-3-7-18/h2-9,15H2,1H3,(H,17,19). The van der Waals surface area contributed by atoms with Gasteiger partial charge in [0.1, 0.15) is 10.7 Å². The van der Waals surface area contributed by atoms with Crippen molar-refractivity contribution in [1.82, 2.24) is 10.3 Å². The van der Waals surface area contributed by atoms with Crippen molar-refractivity contribution in [2.45, 2.75) is 38.1 Å². The van der Waals surface area contributed by atoms with Crippen LogP contribution in [0.3, 0.4) is 0 Å². The van der Waals surface area contributed by atoms with Crippen LogP contribution in [0.5, 0.6) is 0 Å². The maximum atomic E-state index is 12.5. The Morgan fingerprint density at radius 2 is 2.19 bits per heavy atom. The third-order valence-corrected chi connectivity index (χ3v) is 5.21. The van der Waals surface area contributed by atoms with E-state index in [1.165, 1.54) is 24.2 Å². The molecule has 0 aromatic carbocycles. The molecule has 3 N–H and O–H groups in total. The van der Waals surface area contributed by atoms with Crippen molar-refractivity contribution in [3.63, 3.8) is 0 Å². The normalized spacial score (nSPS) is 26.0. The monoisotopic (exact) mass is 310 g/mol. The molecule has 0 aliphatic carbocycles. The minimum absolute atomic E-state index is 0.136. The summed E-state index contributed by atoms with van der Waals surface area (Å²) < 4.78 is 5.47. The summed E-state index contributed by atoms with van der Waals surface area (Å²) in [5.41, 5.74) is 5.63. The highest BCUT2D eigenvalue weighted by molar-refractivity contribution is 7.18. The summed E-state index contributed by atoms with van der Waals surface area (Å²) in [6, 6.07) is 0. The van der Waals surface area contributed by atoms with E-state index in [4.69, 9.17) is 10.5 Å². The second-order valence-corrected chi connectivity index (χ2v) is 7.05. The van der Waals surface area contributed by atoms with Crippen LogP contribution in [0.25, 0.3) is 0 Å². The van der Waals surface area contributed by atoms with E-state index in [0.717, 1.165) is 37.7 Å². The van der Waals surface area contributed by atoms with E-state index in [0.29, 0.717) is 17.3 Å². The summed E-state index contributed by atoms with van der Waals surface area (Å²) in [5, 5.41) is 3.93. The van der Waals surface area contributed by atoms with Gasteiger partial charge in [0, 0.05) is 19.7 Å². The number of carbonyl (C=O) groups is 1. The molecule has 2 fully saturated rings. The Bertz CT molecular complexity index is 519. The Morgan fingerprint density at radius 3 is 2.86 bits per heavy atom. The number of hydrogen-bond donors (Lipinski definition) is 2. The lowest BCUT2D eigenvalue weighted by Gasteiger charge is -2.34. The third kappa shape index (κ3) is 3.13. The van der Waals surface area contributed by atoms with Crippen LogP contribution in [0.1, 0.15) is 42.3 Å². The Hall–Kier alpha value is -1.34. The molecule has 0 saturated carbocycles. The minimum atomic E-state index is -0.306. The van der Waals surface area contributed by atoms with Crippen LogP contribution in [0.4, 0.5) is 10.9 Å². The molecule has 1 atom stereocenters. The molecule has 1 aromatic rings. The summed E-state index contributed by atoms with van der Waals surface area (Å²) in [4.78, 5) is 19.5. The number of hydrogen-bond acceptors (Lipinski definition) is 6. The van der Waals surface area contributed by atoms with E-state index in [-0.39, 0.29) is 11.4 Å². The molecule has 0 spiro atoms. The van der Waals surface area contributed by atoms with Gasteiger partial charge in [-0.3, -0.25) is 4.79 Å². The van der Waals surface area contributed by atoms with Gasteiger partial charge in [-0.25, -0.2) is 4.98 Å². The maximum Gasteiger partial charge on any atom is 0.265 e. The Balaban J connectivity index is 1.72. The summed E-state index contributed by atoms with van der Waals surface area (Å²) >= 11 is 1.39. The lowest BCUT2D eigenvalue weighted by molar-refractivity contribution is 0.0274. The van der Waals surface area contributed by atoms with Crippen molar-refractivity contribution in [2.24, 2.45) is 0 Å². The zero-order valence-corrected chi connectivity index (χ0v) is 13.2. The molecule has 2 saturated heterocycles. The molecule has 21 heavy (non-hydrogen) atoms. The van der Waals surface area contributed by atoms with Crippen LogP contribution in [0, 0.1) is 0 Å². The summed E-state index contributed by atoms with van der Waals surface area (Å²) in [6.07, 6.45) is 4.25. The number of amides is 1. The van der Waals surface area contributed by atoms with Crippen molar-refractivity contribution in [2.75, 3.05) is 36.9 Å². The smallest absolute Gasteiger partial charge is 0.265 e. The van der Waals surface area contributed by atoms with E-state index < -0.39 is 0 Å². The van der Waals surface area contributed by atoms with Crippen LogP contribution in [0.15, 0.2) is 0 Å². The van der Waals surface area contributed by atoms with Gasteiger partial charge in [0.15, 0.2) is 5.13 Å². The third-order valence-electron chi connectivity index (χ3n) is 4.08. The molecule has 116 valence electrons. The van der Waals surface area contributed by atoms with Crippen LogP contribution in [0.2, 0.25) is 0 Å². The van der Waals surface area contributed by atoms with Crippen molar-refractivity contribution < 1.29 is 9.53 Å². The molecule has 2 aliphatic rings. The number of nitrogen functional groups attached to an aromatic ring is 1. The Morgan fingerprint density at radius 1 is 1.43 bits per heavy atom. The first-order valence-corrected chi connectivity index (χ1v) is 8.31. The van der Waals surface area contributed by atoms with Gasteiger partial charge >= 0.3 is 0 Å². The topological polar surface area (TPSA) is 80.5 Å². The summed E-state index contributed by atoms with van der Waals surface area (Å²) in [5.74, 6) is 0.197. The fraction of sp³-hybridized carbons (Fsp3) is 0.714. The molecular weight excluding hydrogens is 288 g/mol. The first kappa shape index (κ1) is 14.6. The number of anilines is 2. The Kier molecular flexibility index (Phi) is 4.03. The maximum absolute atomic E-state index is 12.5. The van der Waals surface area contributed by atoms with Crippen LogP contribution in [-0.2, 0) is 4.74 Å². The van der Waals surface area contributed by atoms with Gasteiger partial charge in [0.25, 0.3) is 5.91 Å². The number of ether oxygens (including phenoxy) is 1. The summed E-state index contributed by atoms with van der Waals surface area (Å²) in [7, 11) is 0. The SMILES string of the molecule is CC1(NC(=O)c2sc(N3CCCC3)nc2N)CCCOC1. The van der Waals surface area contributed by atoms with E-state index >= 15 is 0 Å². The molecular formula is C14H22N4O2S. The highest BCUT2D eigenvalue weighted by Gasteiger charge is 2.31. The van der Waals surface area contributed by atoms with Gasteiger partial charge in [0.05, 0.1) is 12.1 Å². The molecule has 1 aromatic heterocycles. The number of thiazole rings is 1. The van der Waals surface area contributed by atoms with Crippen molar-refractivity contribution in [1.29, 1.82) is 0 Å². The average Bonchev–Trinajstić information content (AvgIpc) is 3.07.